The molecule has 1 atom stereocenters. The van der Waals surface area contributed by atoms with E-state index < -0.39 is 0 Å². The SMILES string of the molecule is O=C(CN1CCNCC1c1cccnc1)NCCc1cnn(-c2ccccc2)c1. The molecule has 1 amide bonds. The fourth-order valence-electron chi connectivity index (χ4n) is 3.64. The number of para-hydroxylation sites is 1. The lowest BCUT2D eigenvalue weighted by molar-refractivity contribution is -0.123. The topological polar surface area (TPSA) is 75.1 Å². The highest BCUT2D eigenvalue weighted by Crippen LogP contribution is 2.20. The Morgan fingerprint density at radius 1 is 1.17 bits per heavy atom. The average molecular weight is 390 g/mol. The Labute approximate surface area is 170 Å². The predicted octanol–water partition coefficient (Wildman–Crippen LogP) is 1.57. The highest BCUT2D eigenvalue weighted by Gasteiger charge is 2.25. The van der Waals surface area contributed by atoms with Crippen LogP contribution in [0.1, 0.15) is 17.2 Å². The van der Waals surface area contributed by atoms with Gasteiger partial charge >= 0.3 is 0 Å². The smallest absolute Gasteiger partial charge is 0.234 e. The second kappa shape index (κ2) is 9.45. The van der Waals surface area contributed by atoms with Crippen LogP contribution in [0.4, 0.5) is 0 Å². The van der Waals surface area contributed by atoms with Crippen molar-refractivity contribution in [2.45, 2.75) is 12.5 Å². The number of amides is 1. The minimum atomic E-state index is 0.0521. The maximum atomic E-state index is 12.5. The minimum Gasteiger partial charge on any atom is -0.355 e. The van der Waals surface area contributed by atoms with E-state index in [0.717, 1.165) is 42.9 Å². The van der Waals surface area contributed by atoms with Gasteiger partial charge in [0.25, 0.3) is 0 Å². The van der Waals surface area contributed by atoms with Gasteiger partial charge in [0.1, 0.15) is 0 Å². The van der Waals surface area contributed by atoms with E-state index in [4.69, 9.17) is 0 Å². The molecular weight excluding hydrogens is 364 g/mol. The monoisotopic (exact) mass is 390 g/mol. The van der Waals surface area contributed by atoms with Gasteiger partial charge in [-0.2, -0.15) is 5.10 Å². The molecule has 3 heterocycles. The van der Waals surface area contributed by atoms with Crippen LogP contribution in [0.15, 0.2) is 67.3 Å². The van der Waals surface area contributed by atoms with E-state index in [2.05, 4.69) is 31.7 Å². The molecule has 150 valence electrons. The quantitative estimate of drug-likeness (QED) is 0.641. The summed E-state index contributed by atoms with van der Waals surface area (Å²) in [5.74, 6) is 0.0521. The van der Waals surface area contributed by atoms with Crippen LogP contribution in [-0.4, -0.2) is 58.3 Å². The van der Waals surface area contributed by atoms with Gasteiger partial charge in [0, 0.05) is 50.8 Å². The molecule has 3 aromatic rings. The first-order valence-electron chi connectivity index (χ1n) is 10.00. The third kappa shape index (κ3) is 5.07. The maximum absolute atomic E-state index is 12.5. The van der Waals surface area contributed by atoms with E-state index in [1.165, 1.54) is 0 Å². The van der Waals surface area contributed by atoms with Gasteiger partial charge < -0.3 is 10.6 Å². The van der Waals surface area contributed by atoms with Crippen molar-refractivity contribution in [2.24, 2.45) is 0 Å². The molecule has 0 spiro atoms. The molecule has 0 bridgehead atoms. The molecule has 7 heteroatoms. The van der Waals surface area contributed by atoms with Gasteiger partial charge in [0.15, 0.2) is 0 Å². The van der Waals surface area contributed by atoms with Gasteiger partial charge in [-0.3, -0.25) is 14.7 Å². The normalized spacial score (nSPS) is 17.2. The summed E-state index contributed by atoms with van der Waals surface area (Å²) in [6.07, 6.45) is 8.28. The summed E-state index contributed by atoms with van der Waals surface area (Å²) in [5, 5.41) is 10.9. The van der Waals surface area contributed by atoms with Crippen molar-refractivity contribution in [2.75, 3.05) is 32.7 Å². The van der Waals surface area contributed by atoms with Gasteiger partial charge in [-0.25, -0.2) is 4.68 Å². The Balaban J connectivity index is 1.27. The third-order valence-electron chi connectivity index (χ3n) is 5.16. The first kappa shape index (κ1) is 19.3. The Hall–Kier alpha value is -3.03. The molecule has 0 aliphatic carbocycles. The Morgan fingerprint density at radius 3 is 2.90 bits per heavy atom. The number of nitrogens with one attached hydrogen (secondary N) is 2. The minimum absolute atomic E-state index is 0.0521. The van der Waals surface area contributed by atoms with Crippen LogP contribution < -0.4 is 10.6 Å². The van der Waals surface area contributed by atoms with E-state index in [1.807, 2.05) is 59.7 Å². The molecule has 4 rings (SSSR count). The summed E-state index contributed by atoms with van der Waals surface area (Å²) in [5.41, 5.74) is 3.27. The zero-order chi connectivity index (χ0) is 19.9. The number of pyridine rings is 1. The number of rotatable bonds is 7. The molecule has 2 N–H and O–H groups in total. The predicted molar refractivity (Wildman–Crippen MR) is 112 cm³/mol. The van der Waals surface area contributed by atoms with Crippen molar-refractivity contribution in [1.82, 2.24) is 30.3 Å². The van der Waals surface area contributed by atoms with Crippen LogP contribution in [0.3, 0.4) is 0 Å². The van der Waals surface area contributed by atoms with Crippen LogP contribution in [0, 0.1) is 0 Å². The molecule has 0 saturated carbocycles. The molecular formula is C22H26N6O. The fourth-order valence-corrected chi connectivity index (χ4v) is 3.64. The van der Waals surface area contributed by atoms with Crippen molar-refractivity contribution in [3.8, 4) is 5.69 Å². The Morgan fingerprint density at radius 2 is 2.07 bits per heavy atom. The molecule has 1 saturated heterocycles. The van der Waals surface area contributed by atoms with Crippen LogP contribution in [0.5, 0.6) is 0 Å². The largest absolute Gasteiger partial charge is 0.355 e. The zero-order valence-electron chi connectivity index (χ0n) is 16.4. The van der Waals surface area contributed by atoms with Gasteiger partial charge in [0.05, 0.1) is 18.4 Å². The highest BCUT2D eigenvalue weighted by molar-refractivity contribution is 5.78. The number of carbonyl (C=O) groups is 1. The van der Waals surface area contributed by atoms with Crippen molar-refractivity contribution < 1.29 is 4.79 Å². The molecule has 1 fully saturated rings. The lowest BCUT2D eigenvalue weighted by Crippen LogP contribution is -2.49. The van der Waals surface area contributed by atoms with E-state index in [1.54, 1.807) is 6.20 Å². The van der Waals surface area contributed by atoms with Crippen LogP contribution in [0.25, 0.3) is 5.69 Å². The van der Waals surface area contributed by atoms with Crippen LogP contribution in [0.2, 0.25) is 0 Å². The van der Waals surface area contributed by atoms with Crippen molar-refractivity contribution in [3.63, 3.8) is 0 Å². The van der Waals surface area contributed by atoms with Crippen molar-refractivity contribution in [1.29, 1.82) is 0 Å². The summed E-state index contributed by atoms with van der Waals surface area (Å²) >= 11 is 0. The second-order valence-corrected chi connectivity index (χ2v) is 7.21. The first-order valence-corrected chi connectivity index (χ1v) is 10.00. The molecule has 7 nitrogen and oxygen atoms in total. The standard InChI is InChI=1S/C22H26N6O/c29-22(17-27-12-11-24-15-21(27)19-5-4-9-23-14-19)25-10-8-18-13-26-28(16-18)20-6-2-1-3-7-20/h1-7,9,13-14,16,21,24H,8,10-12,15,17H2,(H,25,29). The second-order valence-electron chi connectivity index (χ2n) is 7.21. The van der Waals surface area contributed by atoms with Gasteiger partial charge in [-0.1, -0.05) is 24.3 Å². The lowest BCUT2D eigenvalue weighted by atomic mass is 10.1. The number of hydrogen-bond donors (Lipinski definition) is 2. The molecule has 2 aromatic heterocycles. The van der Waals surface area contributed by atoms with Gasteiger partial charge in [0.2, 0.25) is 5.91 Å². The summed E-state index contributed by atoms with van der Waals surface area (Å²) < 4.78 is 1.86. The molecule has 1 aromatic carbocycles. The number of aromatic nitrogens is 3. The van der Waals surface area contributed by atoms with Crippen LogP contribution in [-0.2, 0) is 11.2 Å². The average Bonchev–Trinajstić information content (AvgIpc) is 3.24. The number of carbonyl (C=O) groups excluding carboxylic acids is 1. The van der Waals surface area contributed by atoms with Crippen LogP contribution >= 0.6 is 0 Å². The van der Waals surface area contributed by atoms with E-state index >= 15 is 0 Å². The summed E-state index contributed by atoms with van der Waals surface area (Å²) in [6, 6.07) is 14.2. The third-order valence-corrected chi connectivity index (χ3v) is 5.16. The van der Waals surface area contributed by atoms with E-state index in [9.17, 15) is 4.79 Å². The summed E-state index contributed by atoms with van der Waals surface area (Å²) in [6.45, 7) is 3.56. The summed E-state index contributed by atoms with van der Waals surface area (Å²) in [4.78, 5) is 18.9. The first-order chi connectivity index (χ1) is 14.3. The highest BCUT2D eigenvalue weighted by atomic mass is 16.2. The Bertz CT molecular complexity index is 911. The molecule has 1 unspecified atom stereocenters. The van der Waals surface area contributed by atoms with E-state index in [-0.39, 0.29) is 11.9 Å². The Kier molecular flexibility index (Phi) is 6.29. The summed E-state index contributed by atoms with van der Waals surface area (Å²) in [7, 11) is 0. The number of hydrogen-bond acceptors (Lipinski definition) is 5. The number of piperazine rings is 1. The molecule has 1 aliphatic rings. The maximum Gasteiger partial charge on any atom is 0.234 e. The zero-order valence-corrected chi connectivity index (χ0v) is 16.4. The van der Waals surface area contributed by atoms with Gasteiger partial charge in [-0.05, 0) is 35.7 Å². The van der Waals surface area contributed by atoms with Crippen molar-refractivity contribution >= 4 is 5.91 Å². The van der Waals surface area contributed by atoms with Gasteiger partial charge in [-0.15, -0.1) is 0 Å². The molecule has 1 aliphatic heterocycles. The molecule has 29 heavy (non-hydrogen) atoms. The number of nitrogens with zero attached hydrogens (tertiary/aromatic N) is 4. The van der Waals surface area contributed by atoms with Crippen molar-refractivity contribution in [3.05, 3.63) is 78.4 Å². The lowest BCUT2D eigenvalue weighted by Gasteiger charge is -2.35. The molecule has 0 radical (unpaired) electrons. The number of benzene rings is 1. The fraction of sp³-hybridized carbons (Fsp3) is 0.318. The van der Waals surface area contributed by atoms with E-state index in [0.29, 0.717) is 13.1 Å².